The summed E-state index contributed by atoms with van der Waals surface area (Å²) in [5.41, 5.74) is 0. The molecule has 0 spiro atoms. The van der Waals surface area contributed by atoms with Gasteiger partial charge in [-0.25, -0.2) is 0 Å². The van der Waals surface area contributed by atoms with Crippen molar-refractivity contribution in [3.8, 4) is 11.5 Å². The lowest BCUT2D eigenvalue weighted by Gasteiger charge is -2.14. The Morgan fingerprint density at radius 2 is 1.78 bits per heavy atom. The van der Waals surface area contributed by atoms with Crippen molar-refractivity contribution >= 4 is 0 Å². The Hall–Kier alpha value is -1.26. The Kier molecular flexibility index (Phi) is 6.54. The fourth-order valence-corrected chi connectivity index (χ4v) is 1.56. The van der Waals surface area contributed by atoms with Gasteiger partial charge in [-0.2, -0.15) is 0 Å². The molecule has 4 heteroatoms. The number of rotatable bonds is 8. The van der Waals surface area contributed by atoms with E-state index in [1.807, 2.05) is 19.1 Å². The van der Waals surface area contributed by atoms with Crippen LogP contribution in [0.4, 0.5) is 0 Å². The van der Waals surface area contributed by atoms with Crippen LogP contribution in [0.25, 0.3) is 0 Å². The summed E-state index contributed by atoms with van der Waals surface area (Å²) in [4.78, 5) is 0. The van der Waals surface area contributed by atoms with E-state index in [-0.39, 0.29) is 19.3 Å². The monoisotopic (exact) mass is 254 g/mol. The van der Waals surface area contributed by atoms with Crippen LogP contribution in [0.5, 0.6) is 11.5 Å². The molecule has 0 saturated carbocycles. The first-order chi connectivity index (χ1) is 8.65. The Labute approximate surface area is 108 Å². The quantitative estimate of drug-likeness (QED) is 0.745. The van der Waals surface area contributed by atoms with Gasteiger partial charge in [0, 0.05) is 0 Å². The van der Waals surface area contributed by atoms with Gasteiger partial charge >= 0.3 is 0 Å². The third-order valence-electron chi connectivity index (χ3n) is 2.51. The van der Waals surface area contributed by atoms with Crippen molar-refractivity contribution in [3.63, 3.8) is 0 Å². The zero-order valence-corrected chi connectivity index (χ0v) is 11.0. The molecule has 0 aliphatic rings. The summed E-state index contributed by atoms with van der Waals surface area (Å²) in [5, 5.41) is 17.8. The molecule has 4 nitrogen and oxygen atoms in total. The summed E-state index contributed by atoms with van der Waals surface area (Å²) in [6, 6.07) is 7.26. The van der Waals surface area contributed by atoms with E-state index in [1.165, 1.54) is 0 Å². The van der Waals surface area contributed by atoms with E-state index >= 15 is 0 Å². The van der Waals surface area contributed by atoms with E-state index in [0.29, 0.717) is 5.75 Å². The van der Waals surface area contributed by atoms with Gasteiger partial charge < -0.3 is 19.7 Å². The van der Waals surface area contributed by atoms with Crippen molar-refractivity contribution in [2.24, 2.45) is 0 Å². The van der Waals surface area contributed by atoms with Crippen LogP contribution in [-0.4, -0.2) is 35.6 Å². The van der Waals surface area contributed by atoms with Gasteiger partial charge in [-0.05, 0) is 37.6 Å². The standard InChI is InChI=1S/C14H22O4/c1-3-4-11(2)18-14-7-5-13(6-8-14)17-10-12(16)9-15/h5-8,11-12,15-16H,3-4,9-10H2,1-2H3. The number of ether oxygens (including phenoxy) is 2. The second-order valence-electron chi connectivity index (χ2n) is 4.34. The third-order valence-corrected chi connectivity index (χ3v) is 2.51. The van der Waals surface area contributed by atoms with Crippen molar-refractivity contribution in [3.05, 3.63) is 24.3 Å². The topological polar surface area (TPSA) is 58.9 Å². The number of hydrogen-bond acceptors (Lipinski definition) is 4. The Morgan fingerprint density at radius 1 is 1.17 bits per heavy atom. The average Bonchev–Trinajstić information content (AvgIpc) is 2.37. The van der Waals surface area contributed by atoms with Crippen molar-refractivity contribution < 1.29 is 19.7 Å². The van der Waals surface area contributed by atoms with Crippen LogP contribution in [0.3, 0.4) is 0 Å². The van der Waals surface area contributed by atoms with E-state index in [4.69, 9.17) is 19.7 Å². The first-order valence-corrected chi connectivity index (χ1v) is 6.34. The lowest BCUT2D eigenvalue weighted by atomic mass is 10.2. The zero-order valence-electron chi connectivity index (χ0n) is 11.0. The lowest BCUT2D eigenvalue weighted by Crippen LogP contribution is -2.21. The van der Waals surface area contributed by atoms with Crippen LogP contribution in [0.2, 0.25) is 0 Å². The molecule has 2 N–H and O–H groups in total. The molecule has 0 aliphatic heterocycles. The van der Waals surface area contributed by atoms with E-state index in [1.54, 1.807) is 12.1 Å². The van der Waals surface area contributed by atoms with Crippen LogP contribution in [0.15, 0.2) is 24.3 Å². The molecule has 1 aromatic rings. The number of benzene rings is 1. The molecule has 1 rings (SSSR count). The van der Waals surface area contributed by atoms with Gasteiger partial charge in [0.25, 0.3) is 0 Å². The fraction of sp³-hybridized carbons (Fsp3) is 0.571. The summed E-state index contributed by atoms with van der Waals surface area (Å²) < 4.78 is 11.0. The van der Waals surface area contributed by atoms with Crippen LogP contribution in [0.1, 0.15) is 26.7 Å². The maximum atomic E-state index is 9.15. The molecule has 2 unspecified atom stereocenters. The summed E-state index contributed by atoms with van der Waals surface area (Å²) in [6.45, 7) is 3.97. The first-order valence-electron chi connectivity index (χ1n) is 6.34. The molecule has 0 amide bonds. The molecule has 0 saturated heterocycles. The molecule has 0 aliphatic carbocycles. The molecule has 0 fully saturated rings. The molecule has 0 heterocycles. The first kappa shape index (κ1) is 14.8. The highest BCUT2D eigenvalue weighted by molar-refractivity contribution is 5.31. The largest absolute Gasteiger partial charge is 0.491 e. The molecule has 1 aromatic carbocycles. The van der Waals surface area contributed by atoms with Gasteiger partial charge in [0.1, 0.15) is 24.2 Å². The van der Waals surface area contributed by atoms with Crippen molar-refractivity contribution in [1.29, 1.82) is 0 Å². The molecule has 0 bridgehead atoms. The second kappa shape index (κ2) is 7.95. The van der Waals surface area contributed by atoms with Crippen LogP contribution >= 0.6 is 0 Å². The number of aliphatic hydroxyl groups excluding tert-OH is 2. The van der Waals surface area contributed by atoms with Gasteiger partial charge in [0.2, 0.25) is 0 Å². The fourth-order valence-electron chi connectivity index (χ4n) is 1.56. The van der Waals surface area contributed by atoms with E-state index in [2.05, 4.69) is 6.92 Å². The SMILES string of the molecule is CCCC(C)Oc1ccc(OCC(O)CO)cc1. The molecule has 18 heavy (non-hydrogen) atoms. The van der Waals surface area contributed by atoms with E-state index < -0.39 is 6.10 Å². The third kappa shape index (κ3) is 5.38. The summed E-state index contributed by atoms with van der Waals surface area (Å²) in [6.07, 6.45) is 1.49. The lowest BCUT2D eigenvalue weighted by molar-refractivity contribution is 0.0536. The van der Waals surface area contributed by atoms with Crippen molar-refractivity contribution in [1.82, 2.24) is 0 Å². The van der Waals surface area contributed by atoms with Gasteiger partial charge in [0.05, 0.1) is 12.7 Å². The number of aliphatic hydroxyl groups is 2. The maximum absolute atomic E-state index is 9.15. The molecular weight excluding hydrogens is 232 g/mol. The van der Waals surface area contributed by atoms with Crippen LogP contribution < -0.4 is 9.47 Å². The van der Waals surface area contributed by atoms with Gasteiger partial charge in [-0.3, -0.25) is 0 Å². The Morgan fingerprint density at radius 3 is 2.33 bits per heavy atom. The molecule has 102 valence electrons. The minimum absolute atomic E-state index is 0.0863. The molecule has 0 aromatic heterocycles. The predicted octanol–water partition coefficient (Wildman–Crippen LogP) is 1.99. The number of hydrogen-bond donors (Lipinski definition) is 2. The molecular formula is C14H22O4. The highest BCUT2D eigenvalue weighted by Crippen LogP contribution is 2.19. The molecule has 0 radical (unpaired) electrons. The summed E-state index contributed by atoms with van der Waals surface area (Å²) in [7, 11) is 0. The minimum Gasteiger partial charge on any atom is -0.491 e. The van der Waals surface area contributed by atoms with Crippen LogP contribution in [0, 0.1) is 0 Å². The highest BCUT2D eigenvalue weighted by Gasteiger charge is 2.05. The maximum Gasteiger partial charge on any atom is 0.119 e. The highest BCUT2D eigenvalue weighted by atomic mass is 16.5. The molecule has 2 atom stereocenters. The Bertz CT molecular complexity index is 323. The van der Waals surface area contributed by atoms with Gasteiger partial charge in [-0.1, -0.05) is 13.3 Å². The van der Waals surface area contributed by atoms with Crippen LogP contribution in [-0.2, 0) is 0 Å². The second-order valence-corrected chi connectivity index (χ2v) is 4.34. The van der Waals surface area contributed by atoms with Crippen molar-refractivity contribution in [2.75, 3.05) is 13.2 Å². The van der Waals surface area contributed by atoms with E-state index in [9.17, 15) is 0 Å². The summed E-state index contributed by atoms with van der Waals surface area (Å²) >= 11 is 0. The average molecular weight is 254 g/mol. The van der Waals surface area contributed by atoms with E-state index in [0.717, 1.165) is 18.6 Å². The predicted molar refractivity (Wildman–Crippen MR) is 70.0 cm³/mol. The van der Waals surface area contributed by atoms with Crippen molar-refractivity contribution in [2.45, 2.75) is 38.9 Å². The zero-order chi connectivity index (χ0) is 13.4. The Balaban J connectivity index is 2.42. The van der Waals surface area contributed by atoms with Gasteiger partial charge in [-0.15, -0.1) is 0 Å². The normalized spacial score (nSPS) is 14.0. The minimum atomic E-state index is -0.842. The van der Waals surface area contributed by atoms with Gasteiger partial charge in [0.15, 0.2) is 0 Å². The smallest absolute Gasteiger partial charge is 0.119 e. The summed E-state index contributed by atoms with van der Waals surface area (Å²) in [5.74, 6) is 1.46.